The van der Waals surface area contributed by atoms with Gasteiger partial charge in [-0.2, -0.15) is 0 Å². The van der Waals surface area contributed by atoms with Gasteiger partial charge in [-0.05, 0) is 42.5 Å². The van der Waals surface area contributed by atoms with Gasteiger partial charge in [-0.15, -0.1) is 0 Å². The molecule has 176 valence electrons. The highest BCUT2D eigenvalue weighted by Gasteiger charge is 2.56. The first kappa shape index (κ1) is 24.1. The molecule has 0 unspecified atom stereocenters. The van der Waals surface area contributed by atoms with Crippen LogP contribution in [0.3, 0.4) is 0 Å². The molecule has 1 N–H and O–H groups in total. The highest BCUT2D eigenvalue weighted by atomic mass is 16.5. The monoisotopic (exact) mass is 454 g/mol. The summed E-state index contributed by atoms with van der Waals surface area (Å²) in [5.74, 6) is 0.229. The number of rotatable bonds is 11. The lowest BCUT2D eigenvalue weighted by Crippen LogP contribution is -2.67. The first-order valence-corrected chi connectivity index (χ1v) is 10.9. The minimum Gasteiger partial charge on any atom is -0.497 e. The van der Waals surface area contributed by atoms with Gasteiger partial charge in [0.05, 0.1) is 20.6 Å². The minimum absolute atomic E-state index is 0.0844. The average molecular weight is 455 g/mol. The Hall–Kier alpha value is -3.55. The van der Waals surface area contributed by atoms with Crippen molar-refractivity contribution in [3.63, 3.8) is 0 Å². The molecule has 2 aromatic carbocycles. The molecule has 0 bridgehead atoms. The molecule has 1 aliphatic rings. The number of carbonyl (C=O) groups excluding carboxylic acids is 3. The van der Waals surface area contributed by atoms with E-state index in [4.69, 9.17) is 14.2 Å². The van der Waals surface area contributed by atoms with Gasteiger partial charge in [0.25, 0.3) is 0 Å². The lowest BCUT2D eigenvalue weighted by Gasteiger charge is -2.50. The third kappa shape index (κ3) is 6.03. The van der Waals surface area contributed by atoms with Crippen molar-refractivity contribution < 1.29 is 28.6 Å². The molecular weight excluding hydrogens is 424 g/mol. The van der Waals surface area contributed by atoms with Gasteiger partial charge < -0.3 is 24.4 Å². The lowest BCUT2D eigenvalue weighted by molar-refractivity contribution is -0.180. The summed E-state index contributed by atoms with van der Waals surface area (Å²) in [7, 11) is 2.93. The molecule has 1 aliphatic heterocycles. The summed E-state index contributed by atoms with van der Waals surface area (Å²) in [6.45, 7) is 0.944. The molecule has 2 amide bonds. The van der Waals surface area contributed by atoms with E-state index in [-0.39, 0.29) is 18.9 Å². The third-order valence-electron chi connectivity index (χ3n) is 5.83. The smallest absolute Gasteiger partial charge is 0.407 e. The Kier molecular flexibility index (Phi) is 8.29. The Morgan fingerprint density at radius 3 is 2.36 bits per heavy atom. The zero-order valence-corrected chi connectivity index (χ0v) is 19.0. The maximum absolute atomic E-state index is 12.6. The Morgan fingerprint density at radius 2 is 1.73 bits per heavy atom. The standard InChI is InChI=1S/C25H30N2O6/c1-31-21-12-10-19(11-13-21)17-27-22(28)16-25(27,23(29)32-2)14-6-7-15-26-24(30)33-18-20-8-4-3-5-9-20/h3-5,8-13H,6-7,14-18H2,1-2H3,(H,26,30)/t25-/m0/s1. The van der Waals surface area contributed by atoms with E-state index in [1.165, 1.54) is 7.11 Å². The van der Waals surface area contributed by atoms with Crippen LogP contribution in [-0.4, -0.2) is 49.2 Å². The van der Waals surface area contributed by atoms with Crippen LogP contribution in [0.2, 0.25) is 0 Å². The van der Waals surface area contributed by atoms with E-state index in [2.05, 4.69) is 5.32 Å². The Morgan fingerprint density at radius 1 is 1.00 bits per heavy atom. The second kappa shape index (κ2) is 11.4. The topological polar surface area (TPSA) is 94.2 Å². The third-order valence-corrected chi connectivity index (χ3v) is 5.83. The molecule has 1 heterocycles. The van der Waals surface area contributed by atoms with E-state index < -0.39 is 17.6 Å². The summed E-state index contributed by atoms with van der Waals surface area (Å²) in [4.78, 5) is 38.5. The van der Waals surface area contributed by atoms with Crippen LogP contribution in [0.4, 0.5) is 4.79 Å². The molecule has 0 aromatic heterocycles. The van der Waals surface area contributed by atoms with E-state index in [1.807, 2.05) is 54.6 Å². The number of carbonyl (C=O) groups is 3. The number of nitrogens with zero attached hydrogens (tertiary/aromatic N) is 1. The molecule has 0 radical (unpaired) electrons. The quantitative estimate of drug-likeness (QED) is 0.318. The van der Waals surface area contributed by atoms with E-state index >= 15 is 0 Å². The number of alkyl carbamates (subject to hydrolysis) is 1. The number of esters is 1. The van der Waals surface area contributed by atoms with Gasteiger partial charge >= 0.3 is 12.1 Å². The predicted molar refractivity (Wildman–Crippen MR) is 121 cm³/mol. The molecule has 8 nitrogen and oxygen atoms in total. The fourth-order valence-corrected chi connectivity index (χ4v) is 3.95. The van der Waals surface area contributed by atoms with Gasteiger partial charge in [-0.25, -0.2) is 9.59 Å². The number of β-lactam (4-membered cyclic amide) rings is 1. The van der Waals surface area contributed by atoms with Gasteiger partial charge in [0.1, 0.15) is 17.9 Å². The summed E-state index contributed by atoms with van der Waals surface area (Å²) >= 11 is 0. The average Bonchev–Trinajstić information content (AvgIpc) is 2.85. The summed E-state index contributed by atoms with van der Waals surface area (Å²) in [5.41, 5.74) is 0.846. The zero-order chi connectivity index (χ0) is 23.7. The number of methoxy groups -OCH3 is 2. The molecule has 33 heavy (non-hydrogen) atoms. The van der Waals surface area contributed by atoms with Gasteiger partial charge in [-0.3, -0.25) is 4.79 Å². The van der Waals surface area contributed by atoms with Gasteiger partial charge in [0.2, 0.25) is 5.91 Å². The number of unbranched alkanes of at least 4 members (excludes halogenated alkanes) is 1. The SMILES string of the molecule is COC(=O)[C@]1(CCCCNC(=O)OCc2ccccc2)CC(=O)N1Cc1ccc(OC)cc1. The molecule has 0 spiro atoms. The van der Waals surface area contributed by atoms with Crippen molar-refractivity contribution in [1.29, 1.82) is 0 Å². The first-order valence-electron chi connectivity index (χ1n) is 10.9. The van der Waals surface area contributed by atoms with Gasteiger partial charge in [0.15, 0.2) is 0 Å². The van der Waals surface area contributed by atoms with Crippen LogP contribution in [0.25, 0.3) is 0 Å². The van der Waals surface area contributed by atoms with Crippen LogP contribution in [0, 0.1) is 0 Å². The van der Waals surface area contributed by atoms with Crippen molar-refractivity contribution in [2.45, 2.75) is 44.4 Å². The summed E-state index contributed by atoms with van der Waals surface area (Å²) in [6.07, 6.45) is 1.39. The number of ether oxygens (including phenoxy) is 3. The maximum Gasteiger partial charge on any atom is 0.407 e. The number of nitrogens with one attached hydrogen (secondary N) is 1. The first-order chi connectivity index (χ1) is 16.0. The summed E-state index contributed by atoms with van der Waals surface area (Å²) < 4.78 is 15.4. The van der Waals surface area contributed by atoms with E-state index in [0.29, 0.717) is 32.4 Å². The van der Waals surface area contributed by atoms with E-state index in [9.17, 15) is 14.4 Å². The Balaban J connectivity index is 1.47. The normalized spacial score (nSPS) is 17.2. The molecule has 0 saturated carbocycles. The number of hydrogen-bond acceptors (Lipinski definition) is 6. The predicted octanol–water partition coefficient (Wildman–Crippen LogP) is 3.44. The molecule has 2 aromatic rings. The number of hydrogen-bond donors (Lipinski definition) is 1. The van der Waals surface area contributed by atoms with Crippen LogP contribution in [-0.2, 0) is 32.2 Å². The number of benzene rings is 2. The summed E-state index contributed by atoms with van der Waals surface area (Å²) in [6, 6.07) is 16.8. The van der Waals surface area contributed by atoms with Crippen LogP contribution in [0.5, 0.6) is 5.75 Å². The van der Waals surface area contributed by atoms with Crippen molar-refractivity contribution in [3.8, 4) is 5.75 Å². The van der Waals surface area contributed by atoms with Crippen molar-refractivity contribution in [2.24, 2.45) is 0 Å². The van der Waals surface area contributed by atoms with Crippen LogP contribution >= 0.6 is 0 Å². The second-order valence-electron chi connectivity index (χ2n) is 7.97. The summed E-state index contributed by atoms with van der Waals surface area (Å²) in [5, 5.41) is 2.72. The number of likely N-dealkylation sites (tertiary alicyclic amines) is 1. The second-order valence-corrected chi connectivity index (χ2v) is 7.97. The minimum atomic E-state index is -0.973. The van der Waals surface area contributed by atoms with Gasteiger partial charge in [0, 0.05) is 13.1 Å². The molecule has 1 atom stereocenters. The lowest BCUT2D eigenvalue weighted by atomic mass is 9.79. The zero-order valence-electron chi connectivity index (χ0n) is 19.0. The van der Waals surface area contributed by atoms with Crippen molar-refractivity contribution in [1.82, 2.24) is 10.2 Å². The number of amides is 2. The fraction of sp³-hybridized carbons (Fsp3) is 0.400. The van der Waals surface area contributed by atoms with Crippen molar-refractivity contribution in [2.75, 3.05) is 20.8 Å². The van der Waals surface area contributed by atoms with E-state index in [1.54, 1.807) is 12.0 Å². The van der Waals surface area contributed by atoms with Crippen molar-refractivity contribution >= 4 is 18.0 Å². The van der Waals surface area contributed by atoms with Gasteiger partial charge in [-0.1, -0.05) is 42.5 Å². The molecule has 0 aliphatic carbocycles. The molecule has 3 rings (SSSR count). The van der Waals surface area contributed by atoms with Crippen LogP contribution < -0.4 is 10.1 Å². The molecule has 1 saturated heterocycles. The highest BCUT2D eigenvalue weighted by Crippen LogP contribution is 2.39. The van der Waals surface area contributed by atoms with Crippen LogP contribution in [0.15, 0.2) is 54.6 Å². The van der Waals surface area contributed by atoms with Crippen molar-refractivity contribution in [3.05, 3.63) is 65.7 Å². The van der Waals surface area contributed by atoms with Crippen LogP contribution in [0.1, 0.15) is 36.8 Å². The molecule has 8 heteroatoms. The molecule has 1 fully saturated rings. The Bertz CT molecular complexity index is 947. The Labute approximate surface area is 193 Å². The maximum atomic E-state index is 12.6. The highest BCUT2D eigenvalue weighted by molar-refractivity contribution is 5.98. The molecular formula is C25H30N2O6. The fourth-order valence-electron chi connectivity index (χ4n) is 3.95. The van der Waals surface area contributed by atoms with E-state index in [0.717, 1.165) is 16.9 Å². The largest absolute Gasteiger partial charge is 0.497 e.